The summed E-state index contributed by atoms with van der Waals surface area (Å²) in [5.74, 6) is 6.20. The van der Waals surface area contributed by atoms with E-state index in [1.807, 2.05) is 0 Å². The van der Waals surface area contributed by atoms with Crippen molar-refractivity contribution >= 4 is 5.91 Å². The van der Waals surface area contributed by atoms with Crippen LogP contribution in [0, 0.1) is 17.8 Å². The average molecular weight is 257 g/mol. The third-order valence-electron chi connectivity index (χ3n) is 3.36. The molecule has 1 heterocycles. The molecule has 1 aliphatic rings. The van der Waals surface area contributed by atoms with Crippen molar-refractivity contribution in [3.05, 3.63) is 29.6 Å². The lowest BCUT2D eigenvalue weighted by Gasteiger charge is -2.10. The first-order valence-corrected chi connectivity index (χ1v) is 6.72. The molecule has 1 aromatic rings. The van der Waals surface area contributed by atoms with Gasteiger partial charge in [0, 0.05) is 24.5 Å². The lowest BCUT2D eigenvalue weighted by Crippen LogP contribution is -2.28. The number of nitrogens with two attached hydrogens (primary N) is 1. The smallest absolute Gasteiger partial charge is 0.252 e. The molecule has 0 aliphatic heterocycles. The molecule has 1 aliphatic carbocycles. The van der Waals surface area contributed by atoms with Gasteiger partial charge in [-0.15, -0.1) is 0 Å². The normalized spacial score (nSPS) is 14.8. The first kappa shape index (κ1) is 13.6. The quantitative estimate of drug-likeness (QED) is 0.802. The fraction of sp³-hybridized carbons (Fsp3) is 0.467. The third-order valence-corrected chi connectivity index (χ3v) is 3.36. The summed E-state index contributed by atoms with van der Waals surface area (Å²) in [6, 6.07) is 1.75. The Bertz CT molecular complexity index is 496. The number of rotatable bonds is 3. The van der Waals surface area contributed by atoms with Gasteiger partial charge in [0.2, 0.25) is 0 Å². The lowest BCUT2D eigenvalue weighted by molar-refractivity contribution is 0.0947. The summed E-state index contributed by atoms with van der Waals surface area (Å²) in [5, 5.41) is 2.97. The second-order valence-electron chi connectivity index (χ2n) is 4.83. The van der Waals surface area contributed by atoms with E-state index in [1.165, 1.54) is 25.7 Å². The number of aromatic nitrogens is 1. The number of hydrogen-bond donors (Lipinski definition) is 2. The Hall–Kier alpha value is -1.86. The standard InChI is InChI=1S/C15H19N3O/c16-7-3-6-13-8-14(11-17-9-13)15(19)18-10-12-4-1-2-5-12/h8-9,11-12H,1-2,4-5,7,10,16H2,(H,18,19). The zero-order valence-electron chi connectivity index (χ0n) is 11.0. The second kappa shape index (κ2) is 6.91. The average Bonchev–Trinajstić information content (AvgIpc) is 2.96. The van der Waals surface area contributed by atoms with Crippen LogP contribution < -0.4 is 11.1 Å². The topological polar surface area (TPSA) is 68.0 Å². The Morgan fingerprint density at radius 2 is 2.21 bits per heavy atom. The van der Waals surface area contributed by atoms with Gasteiger partial charge >= 0.3 is 0 Å². The highest BCUT2D eigenvalue weighted by atomic mass is 16.1. The van der Waals surface area contributed by atoms with Crippen molar-refractivity contribution in [2.75, 3.05) is 13.1 Å². The summed E-state index contributed by atoms with van der Waals surface area (Å²) in [4.78, 5) is 16.0. The highest BCUT2D eigenvalue weighted by molar-refractivity contribution is 5.94. The molecule has 4 nitrogen and oxygen atoms in total. The lowest BCUT2D eigenvalue weighted by atomic mass is 10.1. The van der Waals surface area contributed by atoms with Crippen LogP contribution >= 0.6 is 0 Å². The van der Waals surface area contributed by atoms with Crippen molar-refractivity contribution in [1.29, 1.82) is 0 Å². The maximum atomic E-state index is 12.0. The number of carbonyl (C=O) groups is 1. The molecule has 2 rings (SSSR count). The van der Waals surface area contributed by atoms with Crippen LogP contribution in [0.5, 0.6) is 0 Å². The Morgan fingerprint density at radius 3 is 2.95 bits per heavy atom. The molecule has 1 saturated carbocycles. The Kier molecular flexibility index (Phi) is 4.93. The van der Waals surface area contributed by atoms with Crippen LogP contribution in [0.25, 0.3) is 0 Å². The summed E-state index contributed by atoms with van der Waals surface area (Å²) in [6.45, 7) is 1.07. The van der Waals surface area contributed by atoms with Gasteiger partial charge in [-0.2, -0.15) is 0 Å². The molecule has 0 unspecified atom stereocenters. The zero-order chi connectivity index (χ0) is 13.5. The van der Waals surface area contributed by atoms with E-state index in [0.717, 1.165) is 12.1 Å². The van der Waals surface area contributed by atoms with Gasteiger partial charge in [0.05, 0.1) is 12.1 Å². The molecule has 1 fully saturated rings. The van der Waals surface area contributed by atoms with Crippen LogP contribution in [-0.4, -0.2) is 24.0 Å². The van der Waals surface area contributed by atoms with E-state index in [4.69, 9.17) is 5.73 Å². The van der Waals surface area contributed by atoms with E-state index < -0.39 is 0 Å². The fourth-order valence-electron chi connectivity index (χ4n) is 2.34. The minimum Gasteiger partial charge on any atom is -0.352 e. The van der Waals surface area contributed by atoms with Crippen molar-refractivity contribution < 1.29 is 4.79 Å². The Labute approximate surface area is 113 Å². The van der Waals surface area contributed by atoms with Crippen molar-refractivity contribution in [3.8, 4) is 11.8 Å². The summed E-state index contributed by atoms with van der Waals surface area (Å²) >= 11 is 0. The molecule has 4 heteroatoms. The maximum absolute atomic E-state index is 12.0. The van der Waals surface area contributed by atoms with Gasteiger partial charge in [-0.1, -0.05) is 24.7 Å². The summed E-state index contributed by atoms with van der Waals surface area (Å²) < 4.78 is 0. The largest absolute Gasteiger partial charge is 0.352 e. The van der Waals surface area contributed by atoms with Crippen molar-refractivity contribution in [1.82, 2.24) is 10.3 Å². The van der Waals surface area contributed by atoms with E-state index in [1.54, 1.807) is 18.5 Å². The molecule has 0 bridgehead atoms. The van der Waals surface area contributed by atoms with Gasteiger partial charge in [0.15, 0.2) is 0 Å². The molecule has 0 spiro atoms. The highest BCUT2D eigenvalue weighted by Crippen LogP contribution is 2.23. The highest BCUT2D eigenvalue weighted by Gasteiger charge is 2.16. The van der Waals surface area contributed by atoms with E-state index in [-0.39, 0.29) is 5.91 Å². The predicted octanol–water partition coefficient (Wildman–Crippen LogP) is 1.31. The van der Waals surface area contributed by atoms with Crippen molar-refractivity contribution in [3.63, 3.8) is 0 Å². The molecule has 1 amide bonds. The maximum Gasteiger partial charge on any atom is 0.252 e. The minimum atomic E-state index is -0.0733. The number of nitrogens with one attached hydrogen (secondary N) is 1. The summed E-state index contributed by atoms with van der Waals surface area (Å²) in [7, 11) is 0. The molecule has 3 N–H and O–H groups in total. The van der Waals surface area contributed by atoms with Crippen molar-refractivity contribution in [2.24, 2.45) is 11.7 Å². The van der Waals surface area contributed by atoms with Gasteiger partial charge in [-0.25, -0.2) is 0 Å². The van der Waals surface area contributed by atoms with Crippen LogP contribution in [0.15, 0.2) is 18.5 Å². The SMILES string of the molecule is NCC#Cc1cncc(C(=O)NCC2CCCC2)c1. The molecule has 100 valence electrons. The fourth-order valence-corrected chi connectivity index (χ4v) is 2.34. The first-order valence-electron chi connectivity index (χ1n) is 6.72. The molecule has 19 heavy (non-hydrogen) atoms. The monoisotopic (exact) mass is 257 g/mol. The Morgan fingerprint density at radius 1 is 1.42 bits per heavy atom. The van der Waals surface area contributed by atoms with E-state index in [0.29, 0.717) is 18.0 Å². The number of nitrogens with zero attached hydrogens (tertiary/aromatic N) is 1. The van der Waals surface area contributed by atoms with Gasteiger partial charge in [0.1, 0.15) is 0 Å². The first-order chi connectivity index (χ1) is 9.29. The second-order valence-corrected chi connectivity index (χ2v) is 4.83. The van der Waals surface area contributed by atoms with Gasteiger partial charge in [0.25, 0.3) is 5.91 Å². The number of pyridine rings is 1. The number of carbonyl (C=O) groups excluding carboxylic acids is 1. The summed E-state index contributed by atoms with van der Waals surface area (Å²) in [6.07, 6.45) is 8.22. The number of hydrogen-bond acceptors (Lipinski definition) is 3. The predicted molar refractivity (Wildman–Crippen MR) is 74.5 cm³/mol. The van der Waals surface area contributed by atoms with E-state index in [2.05, 4.69) is 22.1 Å². The molecule has 0 aromatic carbocycles. The van der Waals surface area contributed by atoms with Crippen LogP contribution in [0.2, 0.25) is 0 Å². The van der Waals surface area contributed by atoms with E-state index in [9.17, 15) is 4.79 Å². The molecule has 0 atom stereocenters. The van der Waals surface area contributed by atoms with Crippen LogP contribution in [0.4, 0.5) is 0 Å². The Balaban J connectivity index is 1.94. The van der Waals surface area contributed by atoms with E-state index >= 15 is 0 Å². The zero-order valence-corrected chi connectivity index (χ0v) is 11.0. The molecular formula is C15H19N3O. The van der Waals surface area contributed by atoms with Gasteiger partial charge in [-0.05, 0) is 24.8 Å². The van der Waals surface area contributed by atoms with Crippen LogP contribution in [0.3, 0.4) is 0 Å². The van der Waals surface area contributed by atoms with Crippen LogP contribution in [0.1, 0.15) is 41.6 Å². The van der Waals surface area contributed by atoms with Gasteiger partial charge < -0.3 is 11.1 Å². The molecule has 0 saturated heterocycles. The molecule has 0 radical (unpaired) electrons. The third kappa shape index (κ3) is 4.08. The summed E-state index contributed by atoms with van der Waals surface area (Å²) in [5.41, 5.74) is 6.60. The van der Waals surface area contributed by atoms with Crippen LogP contribution in [-0.2, 0) is 0 Å². The van der Waals surface area contributed by atoms with Gasteiger partial charge in [-0.3, -0.25) is 9.78 Å². The minimum absolute atomic E-state index is 0.0733. The molecule has 1 aromatic heterocycles. The van der Waals surface area contributed by atoms with Crippen molar-refractivity contribution in [2.45, 2.75) is 25.7 Å². The molecular weight excluding hydrogens is 238 g/mol. The number of amides is 1.